The summed E-state index contributed by atoms with van der Waals surface area (Å²) >= 11 is 18.2. The van der Waals surface area contributed by atoms with Crippen LogP contribution in [0.25, 0.3) is 0 Å². The Morgan fingerprint density at radius 1 is 1.21 bits per heavy atom. The first-order valence-electron chi connectivity index (χ1n) is 8.46. The Kier molecular flexibility index (Phi) is 6.29. The van der Waals surface area contributed by atoms with Gasteiger partial charge >= 0.3 is 0 Å². The van der Waals surface area contributed by atoms with Gasteiger partial charge in [0.2, 0.25) is 0 Å². The van der Waals surface area contributed by atoms with Crippen LogP contribution in [-0.2, 0) is 14.8 Å². The molecule has 0 saturated heterocycles. The van der Waals surface area contributed by atoms with Crippen molar-refractivity contribution in [3.05, 3.63) is 51.5 Å². The molecule has 2 aromatic rings. The van der Waals surface area contributed by atoms with Crippen LogP contribution in [0.1, 0.15) is 13.3 Å². The van der Waals surface area contributed by atoms with E-state index in [-0.39, 0.29) is 32.3 Å². The van der Waals surface area contributed by atoms with E-state index in [0.29, 0.717) is 12.2 Å². The van der Waals surface area contributed by atoms with Gasteiger partial charge in [-0.05, 0) is 30.7 Å². The number of benzene rings is 2. The van der Waals surface area contributed by atoms with Crippen molar-refractivity contribution in [1.29, 1.82) is 0 Å². The third-order valence-electron chi connectivity index (χ3n) is 4.09. The fourth-order valence-electron chi connectivity index (χ4n) is 2.81. The number of hydrogen-bond donors (Lipinski definition) is 1. The van der Waals surface area contributed by atoms with E-state index in [9.17, 15) is 13.2 Å². The smallest absolute Gasteiger partial charge is 0.267 e. The number of ether oxygens (including phenoxy) is 1. The van der Waals surface area contributed by atoms with E-state index in [1.165, 1.54) is 12.1 Å². The van der Waals surface area contributed by atoms with Gasteiger partial charge in [-0.25, -0.2) is 8.42 Å². The molecule has 1 heterocycles. The Morgan fingerprint density at radius 3 is 2.50 bits per heavy atom. The van der Waals surface area contributed by atoms with Crippen LogP contribution in [0.3, 0.4) is 0 Å². The second kappa shape index (κ2) is 8.37. The third kappa shape index (κ3) is 4.03. The number of fused-ring (bicyclic) bond motifs is 1. The zero-order valence-electron chi connectivity index (χ0n) is 14.8. The Morgan fingerprint density at radius 2 is 1.86 bits per heavy atom. The predicted octanol–water partition coefficient (Wildman–Crippen LogP) is 4.13. The van der Waals surface area contributed by atoms with Crippen molar-refractivity contribution in [2.24, 2.45) is 0 Å². The maximum absolute atomic E-state index is 13.4. The Balaban J connectivity index is 2.07. The molecule has 10 heteroatoms. The van der Waals surface area contributed by atoms with Crippen molar-refractivity contribution in [3.8, 4) is 5.75 Å². The van der Waals surface area contributed by atoms with Gasteiger partial charge in [0, 0.05) is 11.6 Å². The number of carbonyl (C=O) groups excluding carboxylic acids is 1. The standard InChI is InChI=1S/C18H17Cl3N2O4S/c1-2-7-22-18(24)16-10-23(14-5-3-4-6-15(14)27-16)28(25,26)17-12(20)8-11(19)9-13(17)21/h3-6,8-9,16H,2,7,10H2,1H3,(H,22,24). The first-order valence-corrected chi connectivity index (χ1v) is 11.0. The molecule has 2 aromatic carbocycles. The fourth-order valence-corrected chi connectivity index (χ4v) is 5.79. The molecule has 0 saturated carbocycles. The first-order chi connectivity index (χ1) is 13.3. The highest BCUT2D eigenvalue weighted by Crippen LogP contribution is 2.41. The zero-order valence-corrected chi connectivity index (χ0v) is 17.9. The van der Waals surface area contributed by atoms with Gasteiger partial charge in [-0.1, -0.05) is 53.9 Å². The van der Waals surface area contributed by atoms with E-state index >= 15 is 0 Å². The number of sulfonamides is 1. The van der Waals surface area contributed by atoms with E-state index in [0.717, 1.165) is 10.7 Å². The summed E-state index contributed by atoms with van der Waals surface area (Å²) in [7, 11) is -4.19. The highest BCUT2D eigenvalue weighted by Gasteiger charge is 2.39. The van der Waals surface area contributed by atoms with Crippen molar-refractivity contribution >= 4 is 56.4 Å². The number of hydrogen-bond acceptors (Lipinski definition) is 4. The fraction of sp³-hybridized carbons (Fsp3) is 0.278. The maximum Gasteiger partial charge on any atom is 0.267 e. The number of rotatable bonds is 5. The largest absolute Gasteiger partial charge is 0.476 e. The van der Waals surface area contributed by atoms with Crippen LogP contribution < -0.4 is 14.4 Å². The van der Waals surface area contributed by atoms with Gasteiger partial charge < -0.3 is 10.1 Å². The summed E-state index contributed by atoms with van der Waals surface area (Å²) in [6.45, 7) is 2.16. The molecule has 1 amide bonds. The molecule has 0 bridgehead atoms. The number of amides is 1. The summed E-state index contributed by atoms with van der Waals surface area (Å²) < 4.78 is 33.6. The van der Waals surface area contributed by atoms with Gasteiger partial charge in [0.1, 0.15) is 10.6 Å². The quantitative estimate of drug-likeness (QED) is 0.723. The van der Waals surface area contributed by atoms with Crippen LogP contribution in [0, 0.1) is 0 Å². The predicted molar refractivity (Wildman–Crippen MR) is 110 cm³/mol. The van der Waals surface area contributed by atoms with Crippen LogP contribution in [0.2, 0.25) is 15.1 Å². The van der Waals surface area contributed by atoms with Gasteiger partial charge in [0.25, 0.3) is 15.9 Å². The van der Waals surface area contributed by atoms with Gasteiger partial charge in [0.15, 0.2) is 6.10 Å². The number of anilines is 1. The lowest BCUT2D eigenvalue weighted by Crippen LogP contribution is -2.50. The molecule has 1 aliphatic rings. The topological polar surface area (TPSA) is 75.7 Å². The Labute approximate surface area is 178 Å². The van der Waals surface area contributed by atoms with Crippen LogP contribution in [-0.4, -0.2) is 33.5 Å². The number of para-hydroxylation sites is 2. The minimum atomic E-state index is -4.19. The Hall–Kier alpha value is -1.67. The number of nitrogens with one attached hydrogen (secondary N) is 1. The number of nitrogens with zero attached hydrogens (tertiary/aromatic N) is 1. The summed E-state index contributed by atoms with van der Waals surface area (Å²) in [6, 6.07) is 9.16. The van der Waals surface area contributed by atoms with Gasteiger partial charge in [-0.2, -0.15) is 0 Å². The van der Waals surface area contributed by atoms with Crippen molar-refractivity contribution in [3.63, 3.8) is 0 Å². The number of carbonyl (C=O) groups is 1. The zero-order chi connectivity index (χ0) is 20.5. The van der Waals surface area contributed by atoms with Gasteiger partial charge in [-0.3, -0.25) is 9.10 Å². The molecule has 0 radical (unpaired) electrons. The molecular weight excluding hydrogens is 447 g/mol. The van der Waals surface area contributed by atoms with E-state index in [2.05, 4.69) is 5.32 Å². The average molecular weight is 464 g/mol. The SMILES string of the molecule is CCCNC(=O)C1CN(S(=O)(=O)c2c(Cl)cc(Cl)cc2Cl)c2ccccc2O1. The monoisotopic (exact) mass is 462 g/mol. The highest BCUT2D eigenvalue weighted by atomic mass is 35.5. The van der Waals surface area contributed by atoms with Crippen molar-refractivity contribution in [2.45, 2.75) is 24.3 Å². The van der Waals surface area contributed by atoms with Crippen molar-refractivity contribution in [2.75, 3.05) is 17.4 Å². The minimum absolute atomic E-state index is 0.103. The van der Waals surface area contributed by atoms with E-state index in [1.54, 1.807) is 24.3 Å². The van der Waals surface area contributed by atoms with E-state index in [1.807, 2.05) is 6.92 Å². The summed E-state index contributed by atoms with van der Waals surface area (Å²) in [4.78, 5) is 12.2. The molecule has 0 spiro atoms. The molecule has 3 rings (SSSR count). The number of halogens is 3. The summed E-state index contributed by atoms with van der Waals surface area (Å²) in [6.07, 6.45) is -0.270. The van der Waals surface area contributed by atoms with Crippen LogP contribution in [0.4, 0.5) is 5.69 Å². The van der Waals surface area contributed by atoms with Gasteiger partial charge in [0.05, 0.1) is 22.3 Å². The molecule has 6 nitrogen and oxygen atoms in total. The van der Waals surface area contributed by atoms with Crippen LogP contribution in [0.15, 0.2) is 41.3 Å². The molecule has 1 atom stereocenters. The van der Waals surface area contributed by atoms with E-state index in [4.69, 9.17) is 39.5 Å². The lowest BCUT2D eigenvalue weighted by atomic mass is 10.2. The normalized spacial score (nSPS) is 16.3. The van der Waals surface area contributed by atoms with Crippen molar-refractivity contribution < 1.29 is 17.9 Å². The molecule has 0 fully saturated rings. The van der Waals surface area contributed by atoms with Crippen molar-refractivity contribution in [1.82, 2.24) is 5.32 Å². The lowest BCUT2D eigenvalue weighted by Gasteiger charge is -2.35. The second-order valence-corrected chi connectivity index (χ2v) is 9.15. The molecule has 1 N–H and O–H groups in total. The maximum atomic E-state index is 13.4. The average Bonchev–Trinajstić information content (AvgIpc) is 2.64. The van der Waals surface area contributed by atoms with E-state index < -0.39 is 22.0 Å². The minimum Gasteiger partial charge on any atom is -0.476 e. The molecular formula is C18H17Cl3N2O4S. The molecule has 0 aliphatic carbocycles. The first kappa shape index (κ1) is 21.0. The summed E-state index contributed by atoms with van der Waals surface area (Å²) in [5.41, 5.74) is 0.295. The highest BCUT2D eigenvalue weighted by molar-refractivity contribution is 7.93. The molecule has 0 aromatic heterocycles. The Bertz CT molecular complexity index is 991. The van der Waals surface area contributed by atoms with Crippen LogP contribution in [0.5, 0.6) is 5.75 Å². The molecule has 1 unspecified atom stereocenters. The summed E-state index contributed by atoms with van der Waals surface area (Å²) in [5, 5.41) is 2.73. The van der Waals surface area contributed by atoms with Gasteiger partial charge in [-0.15, -0.1) is 0 Å². The molecule has 150 valence electrons. The molecule has 28 heavy (non-hydrogen) atoms. The second-order valence-electron chi connectivity index (χ2n) is 6.10. The van der Waals surface area contributed by atoms with Crippen LogP contribution >= 0.6 is 34.8 Å². The third-order valence-corrected chi connectivity index (χ3v) is 7.01. The lowest BCUT2D eigenvalue weighted by molar-refractivity contribution is -0.127. The summed E-state index contributed by atoms with van der Waals surface area (Å²) in [5.74, 6) is -0.125. The molecule has 1 aliphatic heterocycles.